The number of hydrogen-bond acceptors (Lipinski definition) is 4. The number of primary amides is 2. The topological polar surface area (TPSA) is 110 Å². The van der Waals surface area contributed by atoms with E-state index in [1.807, 2.05) is 39.0 Å². The Morgan fingerprint density at radius 1 is 1.10 bits per heavy atom. The van der Waals surface area contributed by atoms with Crippen molar-refractivity contribution in [2.24, 2.45) is 11.5 Å². The van der Waals surface area contributed by atoms with E-state index in [4.69, 9.17) is 11.5 Å². The molecule has 0 aliphatic heterocycles. The molecule has 0 spiro atoms. The van der Waals surface area contributed by atoms with Crippen molar-refractivity contribution in [3.05, 3.63) is 30.3 Å². The molecule has 0 fully saturated rings. The lowest BCUT2D eigenvalue weighted by Gasteiger charge is -2.38. The van der Waals surface area contributed by atoms with E-state index < -0.39 is 23.0 Å². The Bertz CT molecular complexity index is 482. The molecule has 20 heavy (non-hydrogen) atoms. The first-order chi connectivity index (χ1) is 9.15. The number of carbonyl (C=O) groups is 2. The fourth-order valence-corrected chi connectivity index (χ4v) is 2.00. The molecule has 0 saturated carbocycles. The normalized spacial score (nSPS) is 14.3. The molecule has 2 amide bonds. The highest BCUT2D eigenvalue weighted by Crippen LogP contribution is 2.19. The first kappa shape index (κ1) is 16.0. The Balaban J connectivity index is 3.15. The monoisotopic (exact) mass is 278 g/mol. The highest BCUT2D eigenvalue weighted by molar-refractivity contribution is 5.93. The van der Waals surface area contributed by atoms with E-state index in [2.05, 4.69) is 10.6 Å². The average molecular weight is 278 g/mol. The zero-order valence-electron chi connectivity index (χ0n) is 12.1. The smallest absolute Gasteiger partial charge is 0.258 e. The van der Waals surface area contributed by atoms with Crippen molar-refractivity contribution in [1.82, 2.24) is 5.32 Å². The van der Waals surface area contributed by atoms with E-state index >= 15 is 0 Å². The summed E-state index contributed by atoms with van der Waals surface area (Å²) in [7, 11) is 0. The Morgan fingerprint density at radius 3 is 2.05 bits per heavy atom. The lowest BCUT2D eigenvalue weighted by atomic mass is 9.98. The van der Waals surface area contributed by atoms with Gasteiger partial charge in [-0.3, -0.25) is 14.9 Å². The summed E-state index contributed by atoms with van der Waals surface area (Å²) in [6.07, 6.45) is -0.242. The first-order valence-corrected chi connectivity index (χ1v) is 6.35. The van der Waals surface area contributed by atoms with Gasteiger partial charge in [0.15, 0.2) is 5.66 Å². The number of benzene rings is 1. The number of para-hydroxylation sites is 1. The molecule has 1 aromatic carbocycles. The molecule has 0 bridgehead atoms. The molecule has 6 N–H and O–H groups in total. The van der Waals surface area contributed by atoms with Crippen molar-refractivity contribution in [1.29, 1.82) is 0 Å². The number of rotatable bonds is 6. The van der Waals surface area contributed by atoms with Crippen LogP contribution in [0.15, 0.2) is 30.3 Å². The molecule has 0 aliphatic carbocycles. The van der Waals surface area contributed by atoms with Crippen LogP contribution in [-0.2, 0) is 9.59 Å². The SMILES string of the molecule is CC(C)(C)NC(CC(N)=O)(Nc1ccccc1)C(N)=O. The minimum absolute atomic E-state index is 0.242. The van der Waals surface area contributed by atoms with Crippen LogP contribution in [0, 0.1) is 0 Å². The molecule has 0 saturated heterocycles. The Morgan fingerprint density at radius 2 is 1.65 bits per heavy atom. The van der Waals surface area contributed by atoms with Crippen LogP contribution in [0.4, 0.5) is 5.69 Å². The third-order valence-electron chi connectivity index (χ3n) is 2.58. The number of nitrogens with two attached hydrogens (primary N) is 2. The summed E-state index contributed by atoms with van der Waals surface area (Å²) in [5.74, 6) is -1.31. The van der Waals surface area contributed by atoms with Crippen LogP contribution in [0.5, 0.6) is 0 Å². The second kappa shape index (κ2) is 5.92. The fourth-order valence-electron chi connectivity index (χ4n) is 2.00. The van der Waals surface area contributed by atoms with Gasteiger partial charge in [-0.1, -0.05) is 18.2 Å². The van der Waals surface area contributed by atoms with Crippen LogP contribution < -0.4 is 22.1 Å². The molecule has 110 valence electrons. The van der Waals surface area contributed by atoms with Gasteiger partial charge in [-0.05, 0) is 32.9 Å². The van der Waals surface area contributed by atoms with E-state index in [1.165, 1.54) is 0 Å². The molecule has 0 aromatic heterocycles. The predicted molar refractivity (Wildman–Crippen MR) is 78.7 cm³/mol. The van der Waals surface area contributed by atoms with E-state index in [0.29, 0.717) is 5.69 Å². The second-order valence-electron chi connectivity index (χ2n) is 5.78. The molecular weight excluding hydrogens is 256 g/mol. The van der Waals surface area contributed by atoms with Gasteiger partial charge in [0.25, 0.3) is 5.91 Å². The van der Waals surface area contributed by atoms with Gasteiger partial charge in [0, 0.05) is 11.2 Å². The average Bonchev–Trinajstić information content (AvgIpc) is 2.26. The van der Waals surface area contributed by atoms with Crippen molar-refractivity contribution >= 4 is 17.5 Å². The van der Waals surface area contributed by atoms with Crippen molar-refractivity contribution < 1.29 is 9.59 Å². The van der Waals surface area contributed by atoms with Crippen molar-refractivity contribution in [3.63, 3.8) is 0 Å². The predicted octanol–water partition coefficient (Wildman–Crippen LogP) is 0.544. The number of hydrogen-bond donors (Lipinski definition) is 4. The summed E-state index contributed by atoms with van der Waals surface area (Å²) in [4.78, 5) is 23.3. The number of nitrogens with one attached hydrogen (secondary N) is 2. The zero-order valence-corrected chi connectivity index (χ0v) is 12.1. The minimum Gasteiger partial charge on any atom is -0.370 e. The molecule has 0 radical (unpaired) electrons. The summed E-state index contributed by atoms with van der Waals surface area (Å²) < 4.78 is 0. The maximum absolute atomic E-state index is 11.9. The first-order valence-electron chi connectivity index (χ1n) is 6.35. The van der Waals surface area contributed by atoms with Crippen LogP contribution in [0.1, 0.15) is 27.2 Å². The Labute approximate surface area is 118 Å². The van der Waals surface area contributed by atoms with Gasteiger partial charge in [0.1, 0.15) is 0 Å². The quantitative estimate of drug-likeness (QED) is 0.569. The molecule has 1 unspecified atom stereocenters. The van der Waals surface area contributed by atoms with Gasteiger partial charge in [-0.25, -0.2) is 0 Å². The van der Waals surface area contributed by atoms with Crippen LogP contribution in [0.2, 0.25) is 0 Å². The highest BCUT2D eigenvalue weighted by Gasteiger charge is 2.41. The molecule has 0 heterocycles. The highest BCUT2D eigenvalue weighted by atomic mass is 16.2. The summed E-state index contributed by atoms with van der Waals surface area (Å²) in [5, 5.41) is 6.06. The summed E-state index contributed by atoms with van der Waals surface area (Å²) in [5.41, 5.74) is 9.57. The van der Waals surface area contributed by atoms with Crippen molar-refractivity contribution in [3.8, 4) is 0 Å². The third kappa shape index (κ3) is 4.55. The van der Waals surface area contributed by atoms with Gasteiger partial charge < -0.3 is 16.8 Å². The largest absolute Gasteiger partial charge is 0.370 e. The van der Waals surface area contributed by atoms with Gasteiger partial charge in [0.05, 0.1) is 6.42 Å². The van der Waals surface area contributed by atoms with E-state index in [9.17, 15) is 9.59 Å². The van der Waals surface area contributed by atoms with Crippen LogP contribution in [0.25, 0.3) is 0 Å². The van der Waals surface area contributed by atoms with Gasteiger partial charge in [-0.15, -0.1) is 0 Å². The van der Waals surface area contributed by atoms with E-state index in [1.54, 1.807) is 12.1 Å². The summed E-state index contributed by atoms with van der Waals surface area (Å²) in [6.45, 7) is 5.62. The third-order valence-corrected chi connectivity index (χ3v) is 2.58. The molecule has 1 rings (SSSR count). The molecule has 1 aromatic rings. The van der Waals surface area contributed by atoms with Gasteiger partial charge in [-0.2, -0.15) is 0 Å². The maximum Gasteiger partial charge on any atom is 0.258 e. The molecular formula is C14H22N4O2. The van der Waals surface area contributed by atoms with Crippen LogP contribution in [0.3, 0.4) is 0 Å². The second-order valence-corrected chi connectivity index (χ2v) is 5.78. The molecule has 6 nitrogen and oxygen atoms in total. The molecule has 0 aliphatic rings. The Kier molecular flexibility index (Phi) is 4.73. The minimum atomic E-state index is -1.43. The van der Waals surface area contributed by atoms with Gasteiger partial charge in [0.2, 0.25) is 5.91 Å². The van der Waals surface area contributed by atoms with Crippen molar-refractivity contribution in [2.45, 2.75) is 38.4 Å². The van der Waals surface area contributed by atoms with Crippen LogP contribution >= 0.6 is 0 Å². The number of carbonyl (C=O) groups excluding carboxylic acids is 2. The lowest BCUT2D eigenvalue weighted by Crippen LogP contribution is -2.67. The standard InChI is InChI=1S/C14H22N4O2/c1-13(2,3)18-14(12(16)20,9-11(15)19)17-10-7-5-4-6-8-10/h4-8,17-18H,9H2,1-3H3,(H2,15,19)(H2,16,20). The van der Waals surface area contributed by atoms with E-state index in [-0.39, 0.29) is 6.42 Å². The zero-order chi connectivity index (χ0) is 15.4. The number of amides is 2. The van der Waals surface area contributed by atoms with Gasteiger partial charge >= 0.3 is 0 Å². The Hall–Kier alpha value is -2.08. The lowest BCUT2D eigenvalue weighted by molar-refractivity contribution is -0.129. The molecule has 6 heteroatoms. The fraction of sp³-hybridized carbons (Fsp3) is 0.429. The molecule has 1 atom stereocenters. The number of anilines is 1. The summed E-state index contributed by atoms with van der Waals surface area (Å²) in [6, 6.07) is 9.04. The summed E-state index contributed by atoms with van der Waals surface area (Å²) >= 11 is 0. The van der Waals surface area contributed by atoms with Crippen molar-refractivity contribution in [2.75, 3.05) is 5.32 Å². The maximum atomic E-state index is 11.9. The van der Waals surface area contributed by atoms with E-state index in [0.717, 1.165) is 0 Å². The van der Waals surface area contributed by atoms with Crippen LogP contribution in [-0.4, -0.2) is 23.0 Å².